The van der Waals surface area contributed by atoms with Crippen LogP contribution in [0.4, 0.5) is 4.79 Å². The number of carbonyl (C=O) groups excluding carboxylic acids is 1. The first-order chi connectivity index (χ1) is 15.0. The predicted molar refractivity (Wildman–Crippen MR) is 121 cm³/mol. The fourth-order valence-electron chi connectivity index (χ4n) is 4.99. The number of primary amides is 1. The van der Waals surface area contributed by atoms with Crippen LogP contribution in [0.15, 0.2) is 42.6 Å². The van der Waals surface area contributed by atoms with E-state index in [4.69, 9.17) is 15.2 Å². The summed E-state index contributed by atoms with van der Waals surface area (Å²) in [5.41, 5.74) is 10.8. The van der Waals surface area contributed by atoms with Crippen LogP contribution in [0.2, 0.25) is 0 Å². The summed E-state index contributed by atoms with van der Waals surface area (Å²) in [6, 6.07) is 12.3. The van der Waals surface area contributed by atoms with Gasteiger partial charge in [-0.15, -0.1) is 0 Å². The number of benzene rings is 2. The van der Waals surface area contributed by atoms with E-state index in [1.807, 2.05) is 12.3 Å². The molecule has 2 N–H and O–H groups in total. The first kappa shape index (κ1) is 19.7. The minimum Gasteiger partial charge on any atom is -0.493 e. The molecular weight excluding hydrogens is 390 g/mol. The van der Waals surface area contributed by atoms with Gasteiger partial charge in [-0.1, -0.05) is 18.2 Å². The van der Waals surface area contributed by atoms with Crippen molar-refractivity contribution in [3.05, 3.63) is 53.7 Å². The van der Waals surface area contributed by atoms with Crippen molar-refractivity contribution >= 4 is 16.9 Å². The number of nitrogens with two attached hydrogens (primary N) is 1. The van der Waals surface area contributed by atoms with E-state index >= 15 is 0 Å². The third kappa shape index (κ3) is 3.36. The fraction of sp³-hybridized carbons (Fsp3) is 0.360. The summed E-state index contributed by atoms with van der Waals surface area (Å²) in [6.45, 7) is 3.39. The molecule has 31 heavy (non-hydrogen) atoms. The Morgan fingerprint density at radius 3 is 2.74 bits per heavy atom. The van der Waals surface area contributed by atoms with Crippen molar-refractivity contribution < 1.29 is 14.3 Å². The molecule has 0 bridgehead atoms. The van der Waals surface area contributed by atoms with E-state index in [-0.39, 0.29) is 11.6 Å². The number of methoxy groups -OCH3 is 1. The first-order valence-electron chi connectivity index (χ1n) is 10.8. The summed E-state index contributed by atoms with van der Waals surface area (Å²) < 4.78 is 12.4. The molecule has 2 aromatic carbocycles. The van der Waals surface area contributed by atoms with Gasteiger partial charge in [0.05, 0.1) is 12.6 Å². The minimum atomic E-state index is -0.353. The molecule has 2 aliphatic rings. The molecule has 1 spiro atoms. The first-order valence-corrected chi connectivity index (χ1v) is 10.8. The number of ether oxygens (including phenoxy) is 2. The highest BCUT2D eigenvalue weighted by molar-refractivity contribution is 5.89. The Morgan fingerprint density at radius 2 is 2.00 bits per heavy atom. The van der Waals surface area contributed by atoms with Gasteiger partial charge in [0, 0.05) is 37.5 Å². The lowest BCUT2D eigenvalue weighted by Crippen LogP contribution is -2.52. The molecule has 2 amide bonds. The molecule has 0 aliphatic carbocycles. The average Bonchev–Trinajstić information content (AvgIpc) is 2.79. The number of likely N-dealkylation sites (tertiary alicyclic amines) is 1. The van der Waals surface area contributed by atoms with E-state index in [9.17, 15) is 4.79 Å². The number of carbonyl (C=O) groups is 1. The van der Waals surface area contributed by atoms with Crippen LogP contribution in [-0.2, 0) is 6.42 Å². The van der Waals surface area contributed by atoms with Crippen LogP contribution >= 0.6 is 0 Å². The molecule has 1 saturated heterocycles. The monoisotopic (exact) mass is 417 g/mol. The summed E-state index contributed by atoms with van der Waals surface area (Å²) in [5.74, 6) is 1.59. The van der Waals surface area contributed by atoms with Gasteiger partial charge >= 0.3 is 6.03 Å². The molecule has 3 aromatic rings. The summed E-state index contributed by atoms with van der Waals surface area (Å²) in [5, 5.41) is 1.14. The quantitative estimate of drug-likeness (QED) is 0.668. The minimum absolute atomic E-state index is 0.253. The van der Waals surface area contributed by atoms with Crippen LogP contribution in [0, 0.1) is 6.92 Å². The molecule has 6 heteroatoms. The Hall–Kier alpha value is -3.28. The van der Waals surface area contributed by atoms with E-state index in [1.54, 1.807) is 12.0 Å². The zero-order valence-electron chi connectivity index (χ0n) is 18.0. The van der Waals surface area contributed by atoms with Gasteiger partial charge in [0.1, 0.15) is 5.60 Å². The summed E-state index contributed by atoms with van der Waals surface area (Å²) in [4.78, 5) is 17.8. The number of urea groups is 1. The number of rotatable bonds is 2. The molecule has 1 fully saturated rings. The van der Waals surface area contributed by atoms with E-state index in [0.29, 0.717) is 13.1 Å². The number of hydrogen-bond acceptors (Lipinski definition) is 4. The van der Waals surface area contributed by atoms with Gasteiger partial charge < -0.3 is 20.1 Å². The molecule has 160 valence electrons. The normalized spacial score (nSPS) is 17.3. The third-order valence-electron chi connectivity index (χ3n) is 6.85. The second-order valence-corrected chi connectivity index (χ2v) is 8.59. The zero-order valence-corrected chi connectivity index (χ0v) is 18.0. The number of piperidine rings is 1. The van der Waals surface area contributed by atoms with Crippen molar-refractivity contribution in [2.45, 2.75) is 38.2 Å². The zero-order chi connectivity index (χ0) is 21.6. The number of pyridine rings is 1. The van der Waals surface area contributed by atoms with Crippen molar-refractivity contribution in [1.82, 2.24) is 9.88 Å². The largest absolute Gasteiger partial charge is 0.493 e. The lowest BCUT2D eigenvalue weighted by Gasteiger charge is -2.44. The molecule has 6 nitrogen and oxygen atoms in total. The maximum atomic E-state index is 11.5. The summed E-state index contributed by atoms with van der Waals surface area (Å²) in [6.07, 6.45) is 5.26. The lowest BCUT2D eigenvalue weighted by atomic mass is 9.82. The molecule has 3 heterocycles. The predicted octanol–water partition coefficient (Wildman–Crippen LogP) is 4.46. The summed E-state index contributed by atoms with van der Waals surface area (Å²) >= 11 is 0. The van der Waals surface area contributed by atoms with Crippen molar-refractivity contribution in [2.24, 2.45) is 5.73 Å². The van der Waals surface area contributed by atoms with Gasteiger partial charge in [-0.2, -0.15) is 0 Å². The number of aryl methyl sites for hydroxylation is 2. The van der Waals surface area contributed by atoms with E-state index in [0.717, 1.165) is 70.3 Å². The topological polar surface area (TPSA) is 77.7 Å². The maximum Gasteiger partial charge on any atom is 0.314 e. The van der Waals surface area contributed by atoms with E-state index in [1.165, 1.54) is 0 Å². The second-order valence-electron chi connectivity index (χ2n) is 8.59. The van der Waals surface area contributed by atoms with Gasteiger partial charge in [-0.05, 0) is 60.2 Å². The Kier molecular flexibility index (Phi) is 4.73. The van der Waals surface area contributed by atoms with Gasteiger partial charge in [0.2, 0.25) is 0 Å². The standard InChI is InChI=1S/C25H27N3O3/c1-16-20(6-5-17-4-3-11-27-22(16)17)19-14-18-7-8-25(31-23(18)21(15-19)30-2)9-12-28(13-10-25)24(26)29/h3-6,11,14-15H,7-10,12-13H2,1-2H3,(H2,26,29). The van der Waals surface area contributed by atoms with Gasteiger partial charge in [0.25, 0.3) is 0 Å². The molecule has 2 aliphatic heterocycles. The van der Waals surface area contributed by atoms with Gasteiger partial charge in [-0.25, -0.2) is 4.79 Å². The lowest BCUT2D eigenvalue weighted by molar-refractivity contribution is -0.00669. The van der Waals surface area contributed by atoms with Crippen LogP contribution < -0.4 is 15.2 Å². The smallest absolute Gasteiger partial charge is 0.314 e. The molecular formula is C25H27N3O3. The SMILES string of the molecule is COc1cc(-c2ccc3cccnc3c2C)cc2c1OC1(CC2)CCN(C(N)=O)CC1. The highest BCUT2D eigenvalue weighted by Crippen LogP contribution is 2.46. The van der Waals surface area contributed by atoms with E-state index in [2.05, 4.69) is 42.2 Å². The van der Waals surface area contributed by atoms with Crippen LogP contribution in [0.5, 0.6) is 11.5 Å². The molecule has 0 atom stereocenters. The number of fused-ring (bicyclic) bond motifs is 2. The third-order valence-corrected chi connectivity index (χ3v) is 6.85. The van der Waals surface area contributed by atoms with Crippen LogP contribution in [0.25, 0.3) is 22.0 Å². The number of nitrogens with zero attached hydrogens (tertiary/aromatic N) is 2. The Balaban J connectivity index is 1.50. The second kappa shape index (κ2) is 7.45. The number of aromatic nitrogens is 1. The van der Waals surface area contributed by atoms with Crippen molar-refractivity contribution in [3.63, 3.8) is 0 Å². The average molecular weight is 418 g/mol. The Bertz CT molecular complexity index is 1150. The highest BCUT2D eigenvalue weighted by Gasteiger charge is 2.41. The van der Waals surface area contributed by atoms with E-state index < -0.39 is 0 Å². The van der Waals surface area contributed by atoms with Crippen LogP contribution in [0.1, 0.15) is 30.4 Å². The fourth-order valence-corrected chi connectivity index (χ4v) is 4.99. The Labute approximate surface area is 182 Å². The number of amides is 2. The van der Waals surface area contributed by atoms with Gasteiger partial charge in [0.15, 0.2) is 11.5 Å². The molecule has 0 saturated carbocycles. The van der Waals surface area contributed by atoms with Crippen LogP contribution in [0.3, 0.4) is 0 Å². The molecule has 0 unspecified atom stereocenters. The van der Waals surface area contributed by atoms with Crippen molar-refractivity contribution in [3.8, 4) is 22.6 Å². The number of hydrogen-bond donors (Lipinski definition) is 1. The Morgan fingerprint density at radius 1 is 1.19 bits per heavy atom. The highest BCUT2D eigenvalue weighted by atomic mass is 16.5. The van der Waals surface area contributed by atoms with Gasteiger partial charge in [-0.3, -0.25) is 4.98 Å². The van der Waals surface area contributed by atoms with Crippen LogP contribution in [-0.4, -0.2) is 41.7 Å². The molecule has 0 radical (unpaired) electrons. The van der Waals surface area contributed by atoms with Crippen molar-refractivity contribution in [2.75, 3.05) is 20.2 Å². The molecule has 1 aromatic heterocycles. The maximum absolute atomic E-state index is 11.5. The summed E-state index contributed by atoms with van der Waals surface area (Å²) in [7, 11) is 1.69. The van der Waals surface area contributed by atoms with Crippen molar-refractivity contribution in [1.29, 1.82) is 0 Å². The molecule has 5 rings (SSSR count).